The van der Waals surface area contributed by atoms with Crippen molar-refractivity contribution in [3.05, 3.63) is 0 Å². The fraction of sp³-hybridized carbons (Fsp3) is 0.939. The Kier molecular flexibility index (Phi) is 37.8. The average molecular weight is 840 g/mol. The van der Waals surface area contributed by atoms with E-state index in [1.807, 2.05) is 0 Å². The molecule has 0 radical (unpaired) electrons. The van der Waals surface area contributed by atoms with Crippen LogP contribution in [0, 0.1) is 11.8 Å². The Bertz CT molecular complexity index is 951. The highest BCUT2D eigenvalue weighted by atomic mass is 16.8. The van der Waals surface area contributed by atoms with E-state index >= 15 is 0 Å². The molecule has 0 aromatic heterocycles. The monoisotopic (exact) mass is 840 g/mol. The molecule has 0 aromatic carbocycles. The van der Waals surface area contributed by atoms with Crippen molar-refractivity contribution in [1.82, 2.24) is 4.90 Å². The van der Waals surface area contributed by atoms with Crippen LogP contribution in [-0.2, 0) is 38.1 Å². The third-order valence-corrected chi connectivity index (χ3v) is 11.8. The van der Waals surface area contributed by atoms with Crippen molar-refractivity contribution in [3.63, 3.8) is 0 Å². The van der Waals surface area contributed by atoms with E-state index in [1.54, 1.807) is 0 Å². The standard InChI is InChI=1S/C49H93NO9/c1-5-9-12-15-16-17-18-19-22-23-32-45(59-49(54)58-40-43-31-28-37-50(8-4)39-43)33-29-38-55-46(51)36-27-26-30-44(41-56-47(52)34-24-20-13-10-6-2)42-57-48(53)35-25-21-14-11-7-3/h43-45,49,54H,5-42H2,1-4H3. The molecule has 1 heterocycles. The van der Waals surface area contributed by atoms with Crippen LogP contribution in [0.3, 0.4) is 0 Å². The van der Waals surface area contributed by atoms with Crippen molar-refractivity contribution >= 4 is 17.9 Å². The molecule has 10 heteroatoms. The number of hydrogen-bond acceptors (Lipinski definition) is 10. The highest BCUT2D eigenvalue weighted by Gasteiger charge is 2.22. The maximum absolute atomic E-state index is 12.7. The molecule has 59 heavy (non-hydrogen) atoms. The Morgan fingerprint density at radius 1 is 0.576 bits per heavy atom. The average Bonchev–Trinajstić information content (AvgIpc) is 3.24. The Labute approximate surface area is 362 Å². The summed E-state index contributed by atoms with van der Waals surface area (Å²) in [6.07, 6.45) is 30.9. The smallest absolute Gasteiger partial charge is 0.305 e. The number of ether oxygens (including phenoxy) is 5. The number of nitrogens with zero attached hydrogens (tertiary/aromatic N) is 1. The molecule has 10 nitrogen and oxygen atoms in total. The van der Waals surface area contributed by atoms with Crippen LogP contribution in [0.5, 0.6) is 0 Å². The quantitative estimate of drug-likeness (QED) is 0.0275. The fourth-order valence-corrected chi connectivity index (χ4v) is 7.93. The van der Waals surface area contributed by atoms with Gasteiger partial charge in [0.15, 0.2) is 0 Å². The van der Waals surface area contributed by atoms with Crippen LogP contribution in [0.1, 0.15) is 227 Å². The van der Waals surface area contributed by atoms with Gasteiger partial charge in [0.25, 0.3) is 6.48 Å². The predicted molar refractivity (Wildman–Crippen MR) is 239 cm³/mol. The van der Waals surface area contributed by atoms with Crippen molar-refractivity contribution in [2.24, 2.45) is 11.8 Å². The van der Waals surface area contributed by atoms with Gasteiger partial charge in [0, 0.05) is 31.7 Å². The number of hydrogen-bond donors (Lipinski definition) is 1. The van der Waals surface area contributed by atoms with Gasteiger partial charge < -0.3 is 33.7 Å². The van der Waals surface area contributed by atoms with Gasteiger partial charge >= 0.3 is 17.9 Å². The summed E-state index contributed by atoms with van der Waals surface area (Å²) in [5.41, 5.74) is 0. The van der Waals surface area contributed by atoms with Crippen molar-refractivity contribution < 1.29 is 43.2 Å². The first-order valence-corrected chi connectivity index (χ1v) is 24.9. The number of unbranched alkanes of at least 4 members (excludes halogenated alkanes) is 18. The second kappa shape index (κ2) is 40.3. The molecule has 3 atom stereocenters. The van der Waals surface area contributed by atoms with Crippen molar-refractivity contribution in [2.45, 2.75) is 239 Å². The first-order chi connectivity index (χ1) is 28.8. The number of aliphatic hydroxyl groups excluding tert-OH is 1. The molecule has 0 amide bonds. The lowest BCUT2D eigenvalue weighted by atomic mass is 9.99. The molecule has 1 fully saturated rings. The number of carbonyl (C=O) groups excluding carboxylic acids is 3. The molecule has 0 aliphatic carbocycles. The van der Waals surface area contributed by atoms with Crippen molar-refractivity contribution in [1.29, 1.82) is 0 Å². The van der Waals surface area contributed by atoms with Gasteiger partial charge in [-0.1, -0.05) is 150 Å². The van der Waals surface area contributed by atoms with Gasteiger partial charge in [0.1, 0.15) is 0 Å². The summed E-state index contributed by atoms with van der Waals surface area (Å²) in [4.78, 5) is 39.9. The van der Waals surface area contributed by atoms with Crippen LogP contribution in [0.2, 0.25) is 0 Å². The molecular formula is C49H93NO9. The second-order valence-electron chi connectivity index (χ2n) is 17.4. The van der Waals surface area contributed by atoms with Crippen molar-refractivity contribution in [3.8, 4) is 0 Å². The number of carbonyl (C=O) groups is 3. The Balaban J connectivity index is 2.48. The molecule has 1 N–H and O–H groups in total. The molecule has 0 bridgehead atoms. The zero-order valence-corrected chi connectivity index (χ0v) is 38.8. The largest absolute Gasteiger partial charge is 0.466 e. The second-order valence-corrected chi connectivity index (χ2v) is 17.4. The molecule has 1 aliphatic rings. The molecule has 1 rings (SSSR count). The zero-order valence-electron chi connectivity index (χ0n) is 38.8. The summed E-state index contributed by atoms with van der Waals surface area (Å²) in [6.45, 7) is 12.0. The highest BCUT2D eigenvalue weighted by Crippen LogP contribution is 2.20. The number of aliphatic hydroxyl groups is 1. The Morgan fingerprint density at radius 2 is 1.03 bits per heavy atom. The van der Waals surface area contributed by atoms with E-state index < -0.39 is 6.48 Å². The predicted octanol–water partition coefficient (Wildman–Crippen LogP) is 12.0. The maximum Gasteiger partial charge on any atom is 0.305 e. The Morgan fingerprint density at radius 3 is 1.58 bits per heavy atom. The van der Waals surface area contributed by atoms with E-state index in [1.165, 1.54) is 64.2 Å². The molecule has 0 aromatic rings. The lowest BCUT2D eigenvalue weighted by Crippen LogP contribution is -2.38. The van der Waals surface area contributed by atoms with E-state index in [0.717, 1.165) is 110 Å². The fourth-order valence-electron chi connectivity index (χ4n) is 7.93. The minimum Gasteiger partial charge on any atom is -0.466 e. The van der Waals surface area contributed by atoms with Gasteiger partial charge in [-0.15, -0.1) is 0 Å². The number of likely N-dealkylation sites (tertiary alicyclic amines) is 1. The van der Waals surface area contributed by atoms with E-state index in [0.29, 0.717) is 64.1 Å². The first kappa shape index (κ1) is 55.3. The number of piperidine rings is 1. The third-order valence-electron chi connectivity index (χ3n) is 11.8. The molecule has 3 unspecified atom stereocenters. The minimum absolute atomic E-state index is 0.0976. The summed E-state index contributed by atoms with van der Waals surface area (Å²) in [5.74, 6) is -0.307. The summed E-state index contributed by atoms with van der Waals surface area (Å²) >= 11 is 0. The van der Waals surface area contributed by atoms with Crippen LogP contribution < -0.4 is 0 Å². The topological polar surface area (TPSA) is 121 Å². The summed E-state index contributed by atoms with van der Waals surface area (Å²) < 4.78 is 28.7. The molecule has 0 spiro atoms. The molecule has 1 saturated heterocycles. The summed E-state index contributed by atoms with van der Waals surface area (Å²) in [6, 6.07) is 0. The van der Waals surface area contributed by atoms with Crippen molar-refractivity contribution in [2.75, 3.05) is 46.1 Å². The number of esters is 3. The molecule has 1 aliphatic heterocycles. The van der Waals surface area contributed by atoms with Crippen LogP contribution in [-0.4, -0.2) is 86.6 Å². The van der Waals surface area contributed by atoms with Gasteiger partial charge in [-0.25, -0.2) is 0 Å². The van der Waals surface area contributed by atoms with Gasteiger partial charge in [0.05, 0.1) is 32.5 Å². The van der Waals surface area contributed by atoms with E-state index in [-0.39, 0.29) is 43.1 Å². The van der Waals surface area contributed by atoms with E-state index in [2.05, 4.69) is 32.6 Å². The minimum atomic E-state index is -1.25. The lowest BCUT2D eigenvalue weighted by Gasteiger charge is -2.32. The molecule has 0 saturated carbocycles. The van der Waals surface area contributed by atoms with Gasteiger partial charge in [-0.2, -0.15) is 0 Å². The lowest BCUT2D eigenvalue weighted by molar-refractivity contribution is -0.288. The third kappa shape index (κ3) is 34.5. The van der Waals surface area contributed by atoms with Crippen LogP contribution in [0.15, 0.2) is 0 Å². The maximum atomic E-state index is 12.7. The van der Waals surface area contributed by atoms with Gasteiger partial charge in [-0.05, 0) is 76.8 Å². The van der Waals surface area contributed by atoms with Crippen LogP contribution in [0.4, 0.5) is 0 Å². The normalized spacial score (nSPS) is 15.7. The van der Waals surface area contributed by atoms with Gasteiger partial charge in [-0.3, -0.25) is 14.4 Å². The van der Waals surface area contributed by atoms with Crippen LogP contribution >= 0.6 is 0 Å². The zero-order chi connectivity index (χ0) is 43.0. The Hall–Kier alpha value is -1.75. The SMILES string of the molecule is CCCCCCCCCCCCC(CCCOC(=O)CCCCC(COC(=O)CCCCCCC)COC(=O)CCCCCCC)OC(O)OCC1CCCN(CC)C1. The van der Waals surface area contributed by atoms with Crippen LogP contribution in [0.25, 0.3) is 0 Å². The summed E-state index contributed by atoms with van der Waals surface area (Å²) in [7, 11) is 0. The first-order valence-electron chi connectivity index (χ1n) is 24.9. The van der Waals surface area contributed by atoms with E-state index in [4.69, 9.17) is 23.7 Å². The summed E-state index contributed by atoms with van der Waals surface area (Å²) in [5, 5.41) is 10.7. The number of rotatable bonds is 42. The highest BCUT2D eigenvalue weighted by molar-refractivity contribution is 5.70. The molecular weight excluding hydrogens is 747 g/mol. The molecule has 348 valence electrons. The van der Waals surface area contributed by atoms with E-state index in [9.17, 15) is 19.5 Å². The van der Waals surface area contributed by atoms with Gasteiger partial charge in [0.2, 0.25) is 0 Å².